The molecule has 10 heteroatoms. The maximum absolute atomic E-state index is 12.5. The number of sulfonamides is 1. The molecule has 0 saturated heterocycles. The molecule has 7 nitrogen and oxygen atoms in total. The molecule has 0 amide bonds. The number of carboxylic acids is 1. The molecule has 0 bridgehead atoms. The first-order chi connectivity index (χ1) is 13.0. The van der Waals surface area contributed by atoms with Crippen LogP contribution in [0.4, 0.5) is 11.5 Å². The number of hydrogen-bond acceptors (Lipinski definition) is 6. The van der Waals surface area contributed by atoms with Gasteiger partial charge in [0, 0.05) is 13.1 Å². The van der Waals surface area contributed by atoms with Crippen molar-refractivity contribution in [2.75, 3.05) is 22.7 Å². The molecule has 28 heavy (non-hydrogen) atoms. The van der Waals surface area contributed by atoms with Crippen molar-refractivity contribution in [1.29, 1.82) is 0 Å². The highest BCUT2D eigenvalue weighted by molar-refractivity contribution is 7.94. The minimum Gasteiger partial charge on any atom is -0.478 e. The van der Waals surface area contributed by atoms with Crippen LogP contribution in [0, 0.1) is 11.8 Å². The molecule has 2 aromatic rings. The average Bonchev–Trinajstić information content (AvgIpc) is 3.00. The van der Waals surface area contributed by atoms with Crippen LogP contribution in [-0.2, 0) is 10.0 Å². The summed E-state index contributed by atoms with van der Waals surface area (Å²) in [6, 6.07) is 4.17. The molecule has 2 heterocycles. The smallest absolute Gasteiger partial charge is 0.339 e. The number of anilines is 2. The average molecular weight is 446 g/mol. The van der Waals surface area contributed by atoms with E-state index in [4.69, 9.17) is 11.6 Å². The molecule has 0 spiro atoms. The zero-order chi connectivity index (χ0) is 21.1. The van der Waals surface area contributed by atoms with Gasteiger partial charge >= 0.3 is 5.97 Å². The number of nitrogens with one attached hydrogen (secondary N) is 1. The Kier molecular flexibility index (Phi) is 7.30. The predicted molar refractivity (Wildman–Crippen MR) is 113 cm³/mol. The Labute approximate surface area is 174 Å². The van der Waals surface area contributed by atoms with Crippen molar-refractivity contribution in [3.63, 3.8) is 0 Å². The molecule has 0 aliphatic heterocycles. The van der Waals surface area contributed by atoms with Crippen molar-refractivity contribution in [1.82, 2.24) is 4.98 Å². The molecule has 154 valence electrons. The topological polar surface area (TPSA) is 99.6 Å². The number of nitrogens with zero attached hydrogens (tertiary/aromatic N) is 2. The lowest BCUT2D eigenvalue weighted by molar-refractivity contribution is 0.0697. The van der Waals surface area contributed by atoms with Crippen molar-refractivity contribution < 1.29 is 18.3 Å². The van der Waals surface area contributed by atoms with E-state index in [-0.39, 0.29) is 15.5 Å². The number of carbonyl (C=O) groups is 1. The number of halogens is 1. The van der Waals surface area contributed by atoms with Crippen molar-refractivity contribution in [3.8, 4) is 0 Å². The van der Waals surface area contributed by atoms with Gasteiger partial charge in [-0.15, -0.1) is 11.3 Å². The highest BCUT2D eigenvalue weighted by atomic mass is 35.5. The molecule has 2 rings (SSSR count). The Bertz CT molecular complexity index is 932. The Morgan fingerprint density at radius 1 is 1.25 bits per heavy atom. The van der Waals surface area contributed by atoms with Gasteiger partial charge in [0.15, 0.2) is 0 Å². The van der Waals surface area contributed by atoms with Gasteiger partial charge in [-0.2, -0.15) is 0 Å². The van der Waals surface area contributed by atoms with Gasteiger partial charge in [0.2, 0.25) is 0 Å². The fourth-order valence-corrected chi connectivity index (χ4v) is 5.22. The Hall–Kier alpha value is -1.84. The summed E-state index contributed by atoms with van der Waals surface area (Å²) in [7, 11) is -3.87. The summed E-state index contributed by atoms with van der Waals surface area (Å²) in [4.78, 5) is 18.0. The van der Waals surface area contributed by atoms with Crippen LogP contribution in [0.5, 0.6) is 0 Å². The number of carboxylic acid groups (broad SMARTS) is 1. The number of aromatic carboxylic acids is 1. The van der Waals surface area contributed by atoms with Gasteiger partial charge in [-0.05, 0) is 30.0 Å². The van der Waals surface area contributed by atoms with E-state index < -0.39 is 16.0 Å². The first kappa shape index (κ1) is 22.4. The zero-order valence-corrected chi connectivity index (χ0v) is 18.5. The summed E-state index contributed by atoms with van der Waals surface area (Å²) in [5.74, 6) is -0.217. The minimum absolute atomic E-state index is 0.0414. The van der Waals surface area contributed by atoms with Crippen LogP contribution < -0.4 is 9.62 Å². The summed E-state index contributed by atoms with van der Waals surface area (Å²) in [6.07, 6.45) is 1.34. The van der Waals surface area contributed by atoms with E-state index in [0.29, 0.717) is 35.1 Å². The molecule has 0 saturated carbocycles. The summed E-state index contributed by atoms with van der Waals surface area (Å²) >= 11 is 6.72. The minimum atomic E-state index is -3.87. The third-order valence-corrected chi connectivity index (χ3v) is 6.74. The van der Waals surface area contributed by atoms with Gasteiger partial charge in [-0.1, -0.05) is 39.3 Å². The van der Waals surface area contributed by atoms with E-state index in [1.165, 1.54) is 24.4 Å². The van der Waals surface area contributed by atoms with Crippen LogP contribution in [0.25, 0.3) is 0 Å². The highest BCUT2D eigenvalue weighted by Gasteiger charge is 2.22. The monoisotopic (exact) mass is 445 g/mol. The van der Waals surface area contributed by atoms with Gasteiger partial charge in [0.05, 0.1) is 16.2 Å². The van der Waals surface area contributed by atoms with Crippen molar-refractivity contribution >= 4 is 50.4 Å². The molecule has 2 aromatic heterocycles. The van der Waals surface area contributed by atoms with Crippen LogP contribution in [0.15, 0.2) is 28.6 Å². The van der Waals surface area contributed by atoms with Crippen molar-refractivity contribution in [2.45, 2.75) is 31.9 Å². The first-order valence-electron chi connectivity index (χ1n) is 8.76. The lowest BCUT2D eigenvalue weighted by Crippen LogP contribution is -2.33. The summed E-state index contributed by atoms with van der Waals surface area (Å²) in [5.41, 5.74) is 0.0328. The standard InChI is InChI=1S/C18H24ClN3O4S2/c1-11(2)9-22(10-12(3)4)17-14(18(23)24)7-13(8-20-17)21-28(25,26)16-6-5-15(19)27-16/h5-8,11-12,21H,9-10H2,1-4H3,(H,23,24). The van der Waals surface area contributed by atoms with E-state index in [0.717, 1.165) is 11.3 Å². The van der Waals surface area contributed by atoms with Crippen LogP contribution in [-0.4, -0.2) is 37.6 Å². The van der Waals surface area contributed by atoms with Crippen LogP contribution in [0.2, 0.25) is 4.34 Å². The first-order valence-corrected chi connectivity index (χ1v) is 11.4. The third-order valence-electron chi connectivity index (χ3n) is 3.63. The van der Waals surface area contributed by atoms with Crippen LogP contribution in [0.1, 0.15) is 38.1 Å². The molecule has 0 radical (unpaired) electrons. The number of rotatable bonds is 9. The normalized spacial score (nSPS) is 11.8. The molecular weight excluding hydrogens is 422 g/mol. The fraction of sp³-hybridized carbons (Fsp3) is 0.444. The van der Waals surface area contributed by atoms with Crippen LogP contribution in [0.3, 0.4) is 0 Å². The molecule has 0 atom stereocenters. The molecule has 0 fully saturated rings. The second-order valence-electron chi connectivity index (χ2n) is 7.26. The molecule has 0 aliphatic carbocycles. The molecule has 0 aliphatic rings. The van der Waals surface area contributed by atoms with Gasteiger partial charge in [-0.3, -0.25) is 4.72 Å². The molecule has 0 unspecified atom stereocenters. The lowest BCUT2D eigenvalue weighted by atomic mass is 10.1. The van der Waals surface area contributed by atoms with Gasteiger partial charge in [-0.25, -0.2) is 18.2 Å². The number of aromatic nitrogens is 1. The lowest BCUT2D eigenvalue weighted by Gasteiger charge is -2.28. The van der Waals surface area contributed by atoms with E-state index in [1.54, 1.807) is 0 Å². The van der Waals surface area contributed by atoms with E-state index >= 15 is 0 Å². The molecule has 2 N–H and O–H groups in total. The second-order valence-corrected chi connectivity index (χ2v) is 10.9. The fourth-order valence-electron chi connectivity index (χ4n) is 2.70. The number of thiophene rings is 1. The predicted octanol–water partition coefficient (Wildman–Crippen LogP) is 4.41. The summed E-state index contributed by atoms with van der Waals surface area (Å²) in [6.45, 7) is 9.46. The van der Waals surface area contributed by atoms with Crippen molar-refractivity contribution in [2.24, 2.45) is 11.8 Å². The molecule has 0 aromatic carbocycles. The van der Waals surface area contributed by atoms with E-state index in [9.17, 15) is 18.3 Å². The van der Waals surface area contributed by atoms with E-state index in [2.05, 4.69) is 9.71 Å². The van der Waals surface area contributed by atoms with Gasteiger partial charge in [0.25, 0.3) is 10.0 Å². The zero-order valence-electron chi connectivity index (χ0n) is 16.1. The second kappa shape index (κ2) is 9.11. The Morgan fingerprint density at radius 3 is 2.32 bits per heavy atom. The summed E-state index contributed by atoms with van der Waals surface area (Å²) < 4.78 is 27.7. The largest absolute Gasteiger partial charge is 0.478 e. The van der Waals surface area contributed by atoms with E-state index in [1.807, 2.05) is 32.6 Å². The summed E-state index contributed by atoms with van der Waals surface area (Å²) in [5, 5.41) is 9.67. The Morgan fingerprint density at radius 2 is 1.86 bits per heavy atom. The quantitative estimate of drug-likeness (QED) is 0.592. The van der Waals surface area contributed by atoms with Gasteiger partial charge < -0.3 is 10.0 Å². The molecular formula is C18H24ClN3O4S2. The maximum Gasteiger partial charge on any atom is 0.339 e. The van der Waals surface area contributed by atoms with Crippen molar-refractivity contribution in [3.05, 3.63) is 34.3 Å². The van der Waals surface area contributed by atoms with Gasteiger partial charge in [0.1, 0.15) is 15.6 Å². The Balaban J connectivity index is 2.40. The maximum atomic E-state index is 12.5. The van der Waals surface area contributed by atoms with Crippen LogP contribution >= 0.6 is 22.9 Å². The number of hydrogen-bond donors (Lipinski definition) is 2. The SMILES string of the molecule is CC(C)CN(CC(C)C)c1ncc(NS(=O)(=O)c2ccc(Cl)s2)cc1C(=O)O. The highest BCUT2D eigenvalue weighted by Crippen LogP contribution is 2.29. The third kappa shape index (κ3) is 5.83. The number of pyridine rings is 1.